The van der Waals surface area contributed by atoms with E-state index in [2.05, 4.69) is 26.3 Å². The fourth-order valence-electron chi connectivity index (χ4n) is 9.70. The van der Waals surface area contributed by atoms with Gasteiger partial charge in [-0.05, 0) is 97.7 Å². The van der Waals surface area contributed by atoms with Gasteiger partial charge in [-0.2, -0.15) is 0 Å². The molecule has 15 heteroatoms. The van der Waals surface area contributed by atoms with E-state index in [1.54, 1.807) is 17.2 Å². The molecular formula is C46H53FN8O6. The van der Waals surface area contributed by atoms with Gasteiger partial charge >= 0.3 is 6.09 Å². The van der Waals surface area contributed by atoms with Crippen molar-refractivity contribution in [3.63, 3.8) is 0 Å². The van der Waals surface area contributed by atoms with Gasteiger partial charge in [0, 0.05) is 56.2 Å². The fourth-order valence-corrected chi connectivity index (χ4v) is 9.70. The number of benzene rings is 3. The number of ether oxygens (including phenoxy) is 3. The number of carbonyl (C=O) groups excluding carboxylic acids is 3. The first-order valence-corrected chi connectivity index (χ1v) is 21.6. The second kappa shape index (κ2) is 17.8. The van der Waals surface area contributed by atoms with E-state index in [1.807, 2.05) is 47.5 Å². The molecule has 0 bridgehead atoms. The predicted octanol–water partition coefficient (Wildman–Crippen LogP) is 6.66. The Morgan fingerprint density at radius 2 is 1.26 bits per heavy atom. The van der Waals surface area contributed by atoms with Gasteiger partial charge in [0.1, 0.15) is 23.5 Å². The number of fused-ring (bicyclic) bond motifs is 1. The Morgan fingerprint density at radius 3 is 1.85 bits per heavy atom. The minimum absolute atomic E-state index is 0.0104. The highest BCUT2D eigenvalue weighted by molar-refractivity contribution is 5.91. The summed E-state index contributed by atoms with van der Waals surface area (Å²) in [6.45, 7) is 3.57. The summed E-state index contributed by atoms with van der Waals surface area (Å²) in [6, 6.07) is 15.5. The quantitative estimate of drug-likeness (QED) is 0.120. The maximum absolute atomic E-state index is 15.9. The van der Waals surface area contributed by atoms with Crippen LogP contribution in [0.1, 0.15) is 75.1 Å². The Balaban J connectivity index is 0.877. The van der Waals surface area contributed by atoms with E-state index < -0.39 is 18.2 Å². The number of hydrogen-bond donors (Lipinski definition) is 4. The van der Waals surface area contributed by atoms with Gasteiger partial charge in [-0.3, -0.25) is 9.59 Å². The van der Waals surface area contributed by atoms with E-state index in [0.29, 0.717) is 81.4 Å². The number of aromatic amines is 2. The molecule has 3 amide bonds. The van der Waals surface area contributed by atoms with Crippen molar-refractivity contribution in [2.24, 2.45) is 17.6 Å². The zero-order chi connectivity index (χ0) is 42.0. The number of likely N-dealkylation sites (tertiary alicyclic amines) is 2. The third-order valence-electron chi connectivity index (χ3n) is 13.2. The molecule has 4 aliphatic heterocycles. The summed E-state index contributed by atoms with van der Waals surface area (Å²) < 4.78 is 31.8. The summed E-state index contributed by atoms with van der Waals surface area (Å²) in [4.78, 5) is 59.7. The number of H-pyrrole nitrogens is 2. The standard InChI is InChI=1S/C46H53FN8O6/c1-59-46(58)53-41(28-14-20-61-21-15-28)45(57)55-17-3-5-39(55)43-50-26-37(52-43)33-10-11-34(35(47)24-33)31-8-6-30-23-32(9-7-29(30)22-31)36-25-49-42(51-36)38-4-2-16-54(38)44(56)40(48)27-12-18-60-19-13-27/h6-11,22-28,38-41H,2-5,12-21,48H2,1H3,(H,49,51)(H,50,52)(H,53,58)/t38-,39-,40-,41-/m0/s1. The van der Waals surface area contributed by atoms with Crippen LogP contribution in [0.4, 0.5) is 9.18 Å². The minimum Gasteiger partial charge on any atom is -0.453 e. The van der Waals surface area contributed by atoms with Crippen molar-refractivity contribution in [1.29, 1.82) is 0 Å². The number of amides is 3. The van der Waals surface area contributed by atoms with Gasteiger partial charge < -0.3 is 45.0 Å². The Kier molecular flexibility index (Phi) is 11.9. The molecule has 3 aromatic carbocycles. The lowest BCUT2D eigenvalue weighted by Crippen LogP contribution is -2.53. The summed E-state index contributed by atoms with van der Waals surface area (Å²) in [6.07, 6.45) is 9.04. The van der Waals surface area contributed by atoms with Crippen LogP contribution in [0.2, 0.25) is 0 Å². The lowest BCUT2D eigenvalue weighted by atomic mass is 9.90. The molecular weight excluding hydrogens is 780 g/mol. The Morgan fingerprint density at radius 1 is 0.738 bits per heavy atom. The molecule has 0 aliphatic carbocycles. The van der Waals surface area contributed by atoms with Crippen molar-refractivity contribution in [3.8, 4) is 33.6 Å². The molecule has 6 heterocycles. The van der Waals surface area contributed by atoms with Crippen LogP contribution in [-0.4, -0.2) is 106 Å². The zero-order valence-electron chi connectivity index (χ0n) is 34.4. The number of carbonyl (C=O) groups is 3. The normalized spacial score (nSPS) is 21.2. The van der Waals surface area contributed by atoms with Gasteiger partial charge in [0.15, 0.2) is 0 Å². The number of imidazole rings is 2. The molecule has 2 aromatic heterocycles. The van der Waals surface area contributed by atoms with E-state index in [4.69, 9.17) is 24.9 Å². The van der Waals surface area contributed by atoms with Crippen LogP contribution in [0.25, 0.3) is 44.4 Å². The molecule has 0 unspecified atom stereocenters. The van der Waals surface area contributed by atoms with Crippen LogP contribution in [0.15, 0.2) is 67.0 Å². The van der Waals surface area contributed by atoms with Crippen molar-refractivity contribution >= 4 is 28.7 Å². The first-order valence-electron chi connectivity index (χ1n) is 21.6. The van der Waals surface area contributed by atoms with Crippen LogP contribution in [0.5, 0.6) is 0 Å². The molecule has 14 nitrogen and oxygen atoms in total. The summed E-state index contributed by atoms with van der Waals surface area (Å²) in [5.74, 6) is 0.917. The number of nitrogens with two attached hydrogens (primary N) is 1. The lowest BCUT2D eigenvalue weighted by Gasteiger charge is -2.34. The van der Waals surface area contributed by atoms with E-state index in [9.17, 15) is 14.4 Å². The van der Waals surface area contributed by atoms with Crippen molar-refractivity contribution in [3.05, 3.63) is 84.5 Å². The molecule has 4 saturated heterocycles. The van der Waals surface area contributed by atoms with Crippen LogP contribution in [0, 0.1) is 17.7 Å². The molecule has 0 saturated carbocycles. The monoisotopic (exact) mass is 832 g/mol. The number of rotatable bonds is 10. The molecule has 4 aliphatic rings. The maximum atomic E-state index is 15.9. The third-order valence-corrected chi connectivity index (χ3v) is 13.2. The summed E-state index contributed by atoms with van der Waals surface area (Å²) in [5.41, 5.74) is 10.8. The number of alkyl carbamates (subject to hydrolysis) is 1. The molecule has 61 heavy (non-hydrogen) atoms. The van der Waals surface area contributed by atoms with Gasteiger partial charge in [0.2, 0.25) is 11.8 Å². The van der Waals surface area contributed by atoms with Gasteiger partial charge in [0.05, 0.1) is 49.0 Å². The van der Waals surface area contributed by atoms with E-state index in [0.717, 1.165) is 65.5 Å². The Labute approximate surface area is 353 Å². The van der Waals surface area contributed by atoms with Crippen molar-refractivity contribution in [2.45, 2.75) is 75.5 Å². The van der Waals surface area contributed by atoms with Gasteiger partial charge in [-0.15, -0.1) is 0 Å². The minimum atomic E-state index is -0.727. The van der Waals surface area contributed by atoms with Gasteiger partial charge in [0.25, 0.3) is 0 Å². The fraction of sp³-hybridized carbons (Fsp3) is 0.457. The zero-order valence-corrected chi connectivity index (χ0v) is 34.4. The van der Waals surface area contributed by atoms with Crippen LogP contribution < -0.4 is 11.1 Å². The second-order valence-corrected chi connectivity index (χ2v) is 16.8. The van der Waals surface area contributed by atoms with E-state index >= 15 is 4.39 Å². The highest BCUT2D eigenvalue weighted by Crippen LogP contribution is 2.37. The number of nitrogens with one attached hydrogen (secondary N) is 3. The molecule has 9 rings (SSSR count). The first kappa shape index (κ1) is 40.7. The lowest BCUT2D eigenvalue weighted by molar-refractivity contribution is -0.137. The summed E-state index contributed by atoms with van der Waals surface area (Å²) >= 11 is 0. The summed E-state index contributed by atoms with van der Waals surface area (Å²) in [5, 5.41) is 4.75. The summed E-state index contributed by atoms with van der Waals surface area (Å²) in [7, 11) is 1.29. The molecule has 0 radical (unpaired) electrons. The van der Waals surface area contributed by atoms with Crippen LogP contribution in [0.3, 0.4) is 0 Å². The second-order valence-electron chi connectivity index (χ2n) is 16.8. The smallest absolute Gasteiger partial charge is 0.407 e. The average Bonchev–Trinajstić information content (AvgIpc) is 4.15. The van der Waals surface area contributed by atoms with Crippen molar-refractivity contribution in [1.82, 2.24) is 35.1 Å². The molecule has 5 aromatic rings. The van der Waals surface area contributed by atoms with Crippen molar-refractivity contribution in [2.75, 3.05) is 46.6 Å². The number of nitrogens with zero attached hydrogens (tertiary/aromatic N) is 4. The van der Waals surface area contributed by atoms with Gasteiger partial charge in [-0.1, -0.05) is 36.4 Å². The maximum Gasteiger partial charge on any atom is 0.407 e. The first-order chi connectivity index (χ1) is 29.7. The van der Waals surface area contributed by atoms with E-state index in [-0.39, 0.29) is 41.6 Å². The molecule has 5 N–H and O–H groups in total. The highest BCUT2D eigenvalue weighted by Gasteiger charge is 2.41. The topological polar surface area (TPSA) is 181 Å². The van der Waals surface area contributed by atoms with Crippen LogP contribution >= 0.6 is 0 Å². The molecule has 0 spiro atoms. The number of halogens is 1. The predicted molar refractivity (Wildman–Crippen MR) is 226 cm³/mol. The molecule has 4 atom stereocenters. The van der Waals surface area contributed by atoms with Crippen LogP contribution in [-0.2, 0) is 23.8 Å². The Bertz CT molecular complexity index is 2390. The molecule has 4 fully saturated rings. The third kappa shape index (κ3) is 8.38. The number of aromatic nitrogens is 4. The SMILES string of the molecule is COC(=O)N[C@H](C(=O)N1CCC[C@H]1c1ncc(-c2ccc(-c3ccc4cc(-c5cnc([C@@H]6CCCN6C(=O)[C@@H](N)C6CCOCC6)[nH]5)ccc4c3)c(F)c2)[nH]1)C1CCOCC1. The van der Waals surface area contributed by atoms with Gasteiger partial charge in [-0.25, -0.2) is 19.2 Å². The number of methoxy groups -OCH3 is 1. The average molecular weight is 833 g/mol. The Hall–Kier alpha value is -5.64. The largest absolute Gasteiger partial charge is 0.453 e. The number of hydrogen-bond acceptors (Lipinski definition) is 9. The van der Waals surface area contributed by atoms with E-state index in [1.165, 1.54) is 13.2 Å². The molecule has 320 valence electrons. The van der Waals surface area contributed by atoms with Crippen molar-refractivity contribution < 1.29 is 33.0 Å². The highest BCUT2D eigenvalue weighted by atomic mass is 19.1.